The molecule has 7 nitrogen and oxygen atoms in total. The minimum absolute atomic E-state index is 0.778. The highest BCUT2D eigenvalue weighted by Crippen LogP contribution is 2.36. The molecule has 0 aliphatic rings. The molecule has 0 N–H and O–H groups in total. The summed E-state index contributed by atoms with van der Waals surface area (Å²) in [7, 11) is -13.4. The fourth-order valence-electron chi connectivity index (χ4n) is 1.31. The smallest absolute Gasteiger partial charge is 0.421 e. The summed E-state index contributed by atoms with van der Waals surface area (Å²) < 4.78 is 114. The van der Waals surface area contributed by atoms with Crippen molar-refractivity contribution in [3.05, 3.63) is 22.8 Å². The molecule has 0 aliphatic heterocycles. The van der Waals surface area contributed by atoms with Crippen LogP contribution in [0.5, 0.6) is 0 Å². The van der Waals surface area contributed by atoms with Gasteiger partial charge in [0.25, 0.3) is 0 Å². The number of hydrogen-bond acceptors (Lipinski definition) is 4. The van der Waals surface area contributed by atoms with E-state index in [1.165, 1.54) is 12.8 Å². The first-order chi connectivity index (χ1) is 11.6. The van der Waals surface area contributed by atoms with Gasteiger partial charge in [-0.05, 0) is 13.3 Å². The van der Waals surface area contributed by atoms with Crippen LogP contribution in [0.4, 0.5) is 26.3 Å². The third-order valence-corrected chi connectivity index (χ3v) is 5.40. The Labute approximate surface area is 146 Å². The van der Waals surface area contributed by atoms with E-state index in [4.69, 9.17) is 0 Å². The van der Waals surface area contributed by atoms with Gasteiger partial charge in [0.15, 0.2) is 20.0 Å². The second-order valence-electron chi connectivity index (χ2n) is 4.75. The zero-order chi connectivity index (χ0) is 20.8. The Morgan fingerprint density at radius 3 is 1.73 bits per heavy atom. The Bertz CT molecular complexity index is 727. The first-order valence-electron chi connectivity index (χ1n) is 6.99. The van der Waals surface area contributed by atoms with E-state index in [1.54, 1.807) is 0 Å². The number of aryl methyl sites for hydroxylation is 2. The van der Waals surface area contributed by atoms with Crippen molar-refractivity contribution in [1.82, 2.24) is 4.57 Å². The van der Waals surface area contributed by atoms with Crippen LogP contribution in [-0.4, -0.2) is 32.4 Å². The fourth-order valence-corrected chi connectivity index (χ4v) is 3.02. The van der Waals surface area contributed by atoms with E-state index in [-0.39, 0.29) is 0 Å². The summed E-state index contributed by atoms with van der Waals surface area (Å²) in [6.07, 6.45) is 8.97. The Hall–Kier alpha value is -1.35. The number of imidazole rings is 1. The van der Waals surface area contributed by atoms with Gasteiger partial charge in [-0.3, -0.25) is 0 Å². The van der Waals surface area contributed by atoms with Crippen molar-refractivity contribution in [2.75, 3.05) is 0 Å². The van der Waals surface area contributed by atoms with E-state index >= 15 is 0 Å². The van der Waals surface area contributed by atoms with E-state index in [2.05, 4.69) is 41.7 Å². The second kappa shape index (κ2) is 9.03. The predicted molar refractivity (Wildman–Crippen MR) is 78.5 cm³/mol. The first kappa shape index (κ1) is 24.7. The SMILES string of the molecule is CCCC[n+]1ccn(CC)c1.O=S(=O)([N-]S(=O)(=O)C(F)(F)F)C(F)(F)F. The van der Waals surface area contributed by atoms with Crippen molar-refractivity contribution in [3.63, 3.8) is 0 Å². The van der Waals surface area contributed by atoms with Gasteiger partial charge in [0.2, 0.25) is 6.33 Å². The normalized spacial score (nSPS) is 13.2. The Balaban J connectivity index is 0.000000502. The molecule has 0 spiro atoms. The maximum Gasteiger partial charge on any atom is 0.480 e. The average Bonchev–Trinajstić information content (AvgIpc) is 2.90. The monoisotopic (exact) mass is 433 g/mol. The lowest BCUT2D eigenvalue weighted by molar-refractivity contribution is -0.696. The van der Waals surface area contributed by atoms with Crippen LogP contribution in [0.1, 0.15) is 26.7 Å². The number of aromatic nitrogens is 2. The molecule has 0 fully saturated rings. The summed E-state index contributed by atoms with van der Waals surface area (Å²) in [5.74, 6) is 0. The van der Waals surface area contributed by atoms with Crippen molar-refractivity contribution in [1.29, 1.82) is 0 Å². The quantitative estimate of drug-likeness (QED) is 0.510. The van der Waals surface area contributed by atoms with E-state index in [0.29, 0.717) is 0 Å². The van der Waals surface area contributed by atoms with Crippen molar-refractivity contribution < 1.29 is 47.7 Å². The van der Waals surface area contributed by atoms with Crippen LogP contribution in [0.2, 0.25) is 0 Å². The third kappa shape index (κ3) is 7.49. The second-order valence-corrected chi connectivity index (χ2v) is 8.17. The van der Waals surface area contributed by atoms with Gasteiger partial charge in [0.1, 0.15) is 12.4 Å². The molecule has 0 aliphatic carbocycles. The molecule has 154 valence electrons. The van der Waals surface area contributed by atoms with Crippen molar-refractivity contribution >= 4 is 20.0 Å². The Kier molecular flexibility index (Phi) is 8.56. The number of sulfonamides is 2. The van der Waals surface area contributed by atoms with Crippen molar-refractivity contribution in [2.45, 2.75) is 50.8 Å². The number of alkyl halides is 6. The number of rotatable bonds is 6. The highest BCUT2D eigenvalue weighted by Gasteiger charge is 2.46. The molecule has 0 amide bonds. The number of nitrogens with zero attached hydrogens (tertiary/aromatic N) is 3. The van der Waals surface area contributed by atoms with Crippen LogP contribution in [0.15, 0.2) is 18.7 Å². The largest absolute Gasteiger partial charge is 0.480 e. The highest BCUT2D eigenvalue weighted by molar-refractivity contribution is 8.13. The molecule has 0 radical (unpaired) electrons. The summed E-state index contributed by atoms with van der Waals surface area (Å²) in [6, 6.07) is 0. The van der Waals surface area contributed by atoms with E-state index < -0.39 is 31.1 Å². The number of hydrogen-bond donors (Lipinski definition) is 0. The van der Waals surface area contributed by atoms with Gasteiger partial charge in [-0.1, -0.05) is 13.3 Å². The Morgan fingerprint density at radius 2 is 1.42 bits per heavy atom. The average molecular weight is 433 g/mol. The minimum Gasteiger partial charge on any atom is -0.421 e. The summed E-state index contributed by atoms with van der Waals surface area (Å²) in [4.78, 5) is 0. The lowest BCUT2D eigenvalue weighted by atomic mass is 10.3. The summed E-state index contributed by atoms with van der Waals surface area (Å²) in [5.41, 5.74) is -12.4. The molecule has 0 saturated heterocycles. The van der Waals surface area contributed by atoms with Gasteiger partial charge in [-0.2, -0.15) is 26.3 Å². The van der Waals surface area contributed by atoms with Crippen molar-refractivity contribution in [3.8, 4) is 0 Å². The van der Waals surface area contributed by atoms with Crippen LogP contribution in [0.3, 0.4) is 0 Å². The fraction of sp³-hybridized carbons (Fsp3) is 0.727. The molecular formula is C11H17F6N3O4S2. The van der Waals surface area contributed by atoms with Crippen LogP contribution in [-0.2, 0) is 33.1 Å². The number of halogens is 6. The van der Waals surface area contributed by atoms with Crippen LogP contribution in [0.25, 0.3) is 4.13 Å². The zero-order valence-corrected chi connectivity index (χ0v) is 15.3. The minimum atomic E-state index is -6.72. The molecule has 1 aromatic heterocycles. The van der Waals surface area contributed by atoms with E-state index in [1.807, 2.05) is 0 Å². The molecular weight excluding hydrogens is 416 g/mol. The van der Waals surface area contributed by atoms with Crippen LogP contribution in [0, 0.1) is 0 Å². The molecule has 1 aromatic rings. The molecule has 0 unspecified atom stereocenters. The van der Waals surface area contributed by atoms with Gasteiger partial charge >= 0.3 is 11.0 Å². The molecule has 26 heavy (non-hydrogen) atoms. The maximum atomic E-state index is 11.4. The van der Waals surface area contributed by atoms with Gasteiger partial charge in [-0.25, -0.2) is 26.0 Å². The zero-order valence-electron chi connectivity index (χ0n) is 13.6. The molecule has 1 rings (SSSR count). The molecule has 0 atom stereocenters. The van der Waals surface area contributed by atoms with Gasteiger partial charge in [0, 0.05) is 0 Å². The topological polar surface area (TPSA) is 91.2 Å². The standard InChI is InChI=1S/C9H17N2.C2F6NO4S2/c1-3-5-6-11-8-7-10(4-2)9-11;3-1(4,5)14(10,11)9-15(12,13)2(6,7)8/h7-9H,3-6H2,1-2H3;/q+1;-1. The lowest BCUT2D eigenvalue weighted by Gasteiger charge is -2.22. The highest BCUT2D eigenvalue weighted by atomic mass is 32.3. The maximum absolute atomic E-state index is 11.4. The lowest BCUT2D eigenvalue weighted by Crippen LogP contribution is -2.30. The predicted octanol–water partition coefficient (Wildman–Crippen LogP) is 2.65. The molecule has 1 heterocycles. The first-order valence-corrected chi connectivity index (χ1v) is 9.87. The molecule has 15 heteroatoms. The molecule has 0 saturated carbocycles. The molecule has 0 aromatic carbocycles. The summed E-state index contributed by atoms with van der Waals surface area (Å²) in [5, 5.41) is 0. The van der Waals surface area contributed by atoms with Gasteiger partial charge < -0.3 is 4.13 Å². The van der Waals surface area contributed by atoms with Gasteiger partial charge in [-0.15, -0.1) is 0 Å². The van der Waals surface area contributed by atoms with E-state index in [9.17, 15) is 43.2 Å². The van der Waals surface area contributed by atoms with Gasteiger partial charge in [0.05, 0.1) is 13.1 Å². The summed E-state index contributed by atoms with van der Waals surface area (Å²) in [6.45, 7) is 6.60. The molecule has 0 bridgehead atoms. The van der Waals surface area contributed by atoms with Crippen LogP contribution >= 0.6 is 0 Å². The summed E-state index contributed by atoms with van der Waals surface area (Å²) >= 11 is 0. The van der Waals surface area contributed by atoms with Crippen LogP contribution < -0.4 is 4.57 Å². The Morgan fingerprint density at radius 1 is 0.962 bits per heavy atom. The van der Waals surface area contributed by atoms with E-state index in [0.717, 1.165) is 17.2 Å². The van der Waals surface area contributed by atoms with Crippen molar-refractivity contribution in [2.24, 2.45) is 0 Å². The number of unbranched alkanes of at least 4 members (excludes halogenated alkanes) is 1. The third-order valence-electron chi connectivity index (χ3n) is 2.66.